The van der Waals surface area contributed by atoms with E-state index in [-0.39, 0.29) is 0 Å². The zero-order valence-electron chi connectivity index (χ0n) is 7.78. The monoisotopic (exact) mass is 286 g/mol. The van der Waals surface area contributed by atoms with Gasteiger partial charge in [0.25, 0.3) is 0 Å². The molecule has 0 fully saturated rings. The third-order valence-corrected chi connectivity index (χ3v) is 3.48. The van der Waals surface area contributed by atoms with Gasteiger partial charge in [-0.2, -0.15) is 0 Å². The summed E-state index contributed by atoms with van der Waals surface area (Å²) in [6.07, 6.45) is 1.47. The lowest BCUT2D eigenvalue weighted by Gasteiger charge is -1.92. The number of nitrogens with one attached hydrogen (secondary N) is 1. The smallest absolute Gasteiger partial charge is 0.356 e. The van der Waals surface area contributed by atoms with Crippen molar-refractivity contribution in [3.8, 4) is 10.7 Å². The summed E-state index contributed by atoms with van der Waals surface area (Å²) in [5.74, 6) is 0.260. The molecule has 2 rings (SSSR count). The summed E-state index contributed by atoms with van der Waals surface area (Å²) in [6.45, 7) is 0. The highest BCUT2D eigenvalue weighted by Crippen LogP contribution is 2.27. The van der Waals surface area contributed by atoms with Crippen LogP contribution in [0.1, 0.15) is 10.5 Å². The molecular formula is C9H7BrN2O2S. The van der Waals surface area contributed by atoms with Crippen molar-refractivity contribution in [2.75, 3.05) is 7.11 Å². The number of thiophene rings is 1. The quantitative estimate of drug-likeness (QED) is 0.864. The Hall–Kier alpha value is -1.14. The van der Waals surface area contributed by atoms with Crippen LogP contribution in [-0.4, -0.2) is 23.0 Å². The summed E-state index contributed by atoms with van der Waals surface area (Å²) in [7, 11) is 1.34. The van der Waals surface area contributed by atoms with Crippen molar-refractivity contribution in [2.45, 2.75) is 0 Å². The van der Waals surface area contributed by atoms with E-state index < -0.39 is 5.97 Å². The molecule has 0 spiro atoms. The Kier molecular flexibility index (Phi) is 2.88. The molecule has 0 saturated carbocycles. The Morgan fingerprint density at radius 2 is 2.47 bits per heavy atom. The molecule has 0 atom stereocenters. The summed E-state index contributed by atoms with van der Waals surface area (Å²) >= 11 is 4.90. The first-order chi connectivity index (χ1) is 7.20. The van der Waals surface area contributed by atoms with E-state index in [2.05, 4.69) is 30.6 Å². The van der Waals surface area contributed by atoms with Crippen LogP contribution in [0.15, 0.2) is 22.1 Å². The number of imidazole rings is 1. The van der Waals surface area contributed by atoms with Crippen LogP contribution in [0.5, 0.6) is 0 Å². The molecule has 0 amide bonds. The number of aromatic nitrogens is 2. The predicted octanol–water partition coefficient (Wildman–Crippen LogP) is 2.69. The van der Waals surface area contributed by atoms with Gasteiger partial charge in [-0.3, -0.25) is 0 Å². The predicted molar refractivity (Wildman–Crippen MR) is 60.9 cm³/mol. The maximum atomic E-state index is 11.2. The summed E-state index contributed by atoms with van der Waals surface area (Å²) in [5, 5.41) is 1.95. The zero-order chi connectivity index (χ0) is 10.8. The van der Waals surface area contributed by atoms with Gasteiger partial charge in [-0.15, -0.1) is 11.3 Å². The van der Waals surface area contributed by atoms with Gasteiger partial charge in [0, 0.05) is 9.85 Å². The number of carbonyl (C=O) groups is 1. The Morgan fingerprint density at radius 3 is 3.07 bits per heavy atom. The lowest BCUT2D eigenvalue weighted by atomic mass is 10.4. The fourth-order valence-electron chi connectivity index (χ4n) is 1.10. The Balaban J connectivity index is 2.31. The molecule has 0 aliphatic heterocycles. The molecule has 4 nitrogen and oxygen atoms in total. The molecular weight excluding hydrogens is 280 g/mol. The van der Waals surface area contributed by atoms with Crippen LogP contribution < -0.4 is 0 Å². The fourth-order valence-corrected chi connectivity index (χ4v) is 2.48. The number of hydrogen-bond donors (Lipinski definition) is 1. The van der Waals surface area contributed by atoms with Gasteiger partial charge in [-0.1, -0.05) is 0 Å². The summed E-state index contributed by atoms with van der Waals surface area (Å²) in [5.41, 5.74) is 0.358. The Bertz CT molecular complexity index is 492. The van der Waals surface area contributed by atoms with Crippen LogP contribution in [0, 0.1) is 0 Å². The van der Waals surface area contributed by atoms with E-state index in [1.165, 1.54) is 13.3 Å². The number of methoxy groups -OCH3 is 1. The van der Waals surface area contributed by atoms with Crippen molar-refractivity contribution < 1.29 is 9.53 Å². The average Bonchev–Trinajstić information content (AvgIpc) is 2.84. The molecule has 0 aliphatic rings. The first-order valence-corrected chi connectivity index (χ1v) is 5.75. The molecule has 0 saturated heterocycles. The highest BCUT2D eigenvalue weighted by atomic mass is 79.9. The number of halogens is 1. The molecule has 0 bridgehead atoms. The highest BCUT2D eigenvalue weighted by molar-refractivity contribution is 9.10. The lowest BCUT2D eigenvalue weighted by Crippen LogP contribution is -2.00. The van der Waals surface area contributed by atoms with Gasteiger partial charge in [0.2, 0.25) is 0 Å². The molecule has 2 heterocycles. The number of aromatic amines is 1. The highest BCUT2D eigenvalue weighted by Gasteiger charge is 2.11. The van der Waals surface area contributed by atoms with Gasteiger partial charge >= 0.3 is 5.97 Å². The number of esters is 1. The molecule has 2 aromatic heterocycles. The third kappa shape index (κ3) is 2.10. The Morgan fingerprint density at radius 1 is 1.67 bits per heavy atom. The van der Waals surface area contributed by atoms with E-state index >= 15 is 0 Å². The van der Waals surface area contributed by atoms with E-state index in [0.717, 1.165) is 9.35 Å². The second-order valence-electron chi connectivity index (χ2n) is 2.77. The summed E-state index contributed by atoms with van der Waals surface area (Å²) in [6, 6.07) is 1.94. The van der Waals surface area contributed by atoms with Gasteiger partial charge in [-0.25, -0.2) is 9.78 Å². The van der Waals surface area contributed by atoms with Crippen molar-refractivity contribution in [1.29, 1.82) is 0 Å². The van der Waals surface area contributed by atoms with Crippen LogP contribution >= 0.6 is 27.3 Å². The fraction of sp³-hybridized carbons (Fsp3) is 0.111. The van der Waals surface area contributed by atoms with E-state index in [9.17, 15) is 4.79 Å². The van der Waals surface area contributed by atoms with Crippen molar-refractivity contribution in [1.82, 2.24) is 9.97 Å². The van der Waals surface area contributed by atoms with Gasteiger partial charge < -0.3 is 9.72 Å². The number of carbonyl (C=O) groups excluding carboxylic acids is 1. The van der Waals surface area contributed by atoms with Crippen LogP contribution in [0.25, 0.3) is 10.7 Å². The normalized spacial score (nSPS) is 10.3. The SMILES string of the molecule is COC(=O)c1cnc(-c2cc(Br)cs2)[nH]1. The molecule has 0 aliphatic carbocycles. The van der Waals surface area contributed by atoms with Crippen molar-refractivity contribution >= 4 is 33.2 Å². The van der Waals surface area contributed by atoms with Crippen LogP contribution in [-0.2, 0) is 4.74 Å². The third-order valence-electron chi connectivity index (χ3n) is 1.78. The van der Waals surface area contributed by atoms with Gasteiger partial charge in [-0.05, 0) is 22.0 Å². The molecule has 1 N–H and O–H groups in total. The van der Waals surface area contributed by atoms with E-state index in [1.807, 2.05) is 11.4 Å². The molecule has 0 radical (unpaired) electrons. The van der Waals surface area contributed by atoms with Crippen LogP contribution in [0.3, 0.4) is 0 Å². The molecule has 0 aromatic carbocycles. The van der Waals surface area contributed by atoms with E-state index in [0.29, 0.717) is 11.5 Å². The average molecular weight is 287 g/mol. The standard InChI is InChI=1S/C9H7BrN2O2S/c1-14-9(13)6-3-11-8(12-6)7-2-5(10)4-15-7/h2-4H,1H3,(H,11,12). The number of hydrogen-bond acceptors (Lipinski definition) is 4. The number of H-pyrrole nitrogens is 1. The summed E-state index contributed by atoms with van der Waals surface area (Å²) in [4.78, 5) is 19.1. The first-order valence-electron chi connectivity index (χ1n) is 4.08. The minimum atomic E-state index is -0.413. The van der Waals surface area contributed by atoms with E-state index in [4.69, 9.17) is 0 Å². The largest absolute Gasteiger partial charge is 0.464 e. The second kappa shape index (κ2) is 4.16. The van der Waals surface area contributed by atoms with Crippen molar-refractivity contribution in [3.63, 3.8) is 0 Å². The lowest BCUT2D eigenvalue weighted by molar-refractivity contribution is 0.0595. The summed E-state index contributed by atoms with van der Waals surface area (Å²) < 4.78 is 5.57. The van der Waals surface area contributed by atoms with Crippen LogP contribution in [0.2, 0.25) is 0 Å². The maximum absolute atomic E-state index is 11.2. The van der Waals surface area contributed by atoms with E-state index in [1.54, 1.807) is 11.3 Å². The molecule has 6 heteroatoms. The topological polar surface area (TPSA) is 55.0 Å². The minimum Gasteiger partial charge on any atom is -0.464 e. The first kappa shape index (κ1) is 10.4. The number of rotatable bonds is 2. The number of nitrogens with zero attached hydrogens (tertiary/aromatic N) is 1. The van der Waals surface area contributed by atoms with Crippen molar-refractivity contribution in [3.05, 3.63) is 27.8 Å². The maximum Gasteiger partial charge on any atom is 0.356 e. The molecule has 15 heavy (non-hydrogen) atoms. The van der Waals surface area contributed by atoms with Gasteiger partial charge in [0.1, 0.15) is 11.5 Å². The van der Waals surface area contributed by atoms with Crippen molar-refractivity contribution in [2.24, 2.45) is 0 Å². The molecule has 0 unspecified atom stereocenters. The molecule has 2 aromatic rings. The second-order valence-corrected chi connectivity index (χ2v) is 4.59. The molecule has 78 valence electrons. The van der Waals surface area contributed by atoms with Crippen LogP contribution in [0.4, 0.5) is 0 Å². The minimum absolute atomic E-state index is 0.358. The number of ether oxygens (including phenoxy) is 1. The zero-order valence-corrected chi connectivity index (χ0v) is 10.2. The van der Waals surface area contributed by atoms with Gasteiger partial charge in [0.05, 0.1) is 18.2 Å². The van der Waals surface area contributed by atoms with Gasteiger partial charge in [0.15, 0.2) is 0 Å². The Labute approximate surface area is 98.4 Å².